The summed E-state index contributed by atoms with van der Waals surface area (Å²) in [6.07, 6.45) is 3.68. The van der Waals surface area contributed by atoms with Crippen LogP contribution in [-0.2, 0) is 4.79 Å². The molecule has 1 fully saturated rings. The minimum atomic E-state index is -0.776. The molecule has 1 aliphatic heterocycles. The van der Waals surface area contributed by atoms with Gasteiger partial charge in [0.15, 0.2) is 0 Å². The van der Waals surface area contributed by atoms with Crippen molar-refractivity contribution < 1.29 is 9.90 Å². The van der Waals surface area contributed by atoms with Gasteiger partial charge in [-0.15, -0.1) is 0 Å². The molecule has 1 saturated heterocycles. The molecule has 1 aliphatic rings. The zero-order valence-electron chi connectivity index (χ0n) is 10.5. The molecule has 5 heteroatoms. The van der Waals surface area contributed by atoms with Crippen LogP contribution in [0.5, 0.6) is 0 Å². The van der Waals surface area contributed by atoms with E-state index in [0.717, 1.165) is 13.1 Å². The molecule has 100 valence electrons. The summed E-state index contributed by atoms with van der Waals surface area (Å²) in [5.74, 6) is -0.776. The third-order valence-electron chi connectivity index (χ3n) is 2.89. The van der Waals surface area contributed by atoms with E-state index in [1.807, 2.05) is 30.6 Å². The number of carbonyl (C=O) groups is 1. The number of aliphatic carboxylic acids is 1. The molecule has 0 aliphatic carbocycles. The van der Waals surface area contributed by atoms with Crippen molar-refractivity contribution in [2.24, 2.45) is 0 Å². The number of nitrogens with zero attached hydrogens (tertiary/aromatic N) is 1. The van der Waals surface area contributed by atoms with Crippen LogP contribution in [0.15, 0.2) is 42.7 Å². The lowest BCUT2D eigenvalue weighted by atomic mass is 10.2. The molecule has 5 nitrogen and oxygen atoms in total. The van der Waals surface area contributed by atoms with E-state index in [1.165, 1.54) is 10.8 Å². The molecular weight excluding hydrogens is 242 g/mol. The number of aromatic nitrogens is 1. The van der Waals surface area contributed by atoms with Crippen LogP contribution in [0.4, 0.5) is 0 Å². The first-order chi connectivity index (χ1) is 9.27. The van der Waals surface area contributed by atoms with E-state index in [-0.39, 0.29) is 0 Å². The number of hydrogen-bond donors (Lipinski definition) is 3. The summed E-state index contributed by atoms with van der Waals surface area (Å²) in [4.78, 5) is 14.3. The SMILES string of the molecule is O=C(O)C1CNCCN1.c1ccc2cnccc2c1. The number of piperazine rings is 1. The Kier molecular flexibility index (Phi) is 4.83. The summed E-state index contributed by atoms with van der Waals surface area (Å²) in [7, 11) is 0. The standard InChI is InChI=1S/C9H7N.C5H10N2O2/c1-2-4-9-7-10-6-5-8(9)3-1;8-5(9)4-3-6-1-2-7-4/h1-7H;4,6-7H,1-3H2,(H,8,9). The molecule has 1 aromatic carbocycles. The highest BCUT2D eigenvalue weighted by atomic mass is 16.4. The summed E-state index contributed by atoms with van der Waals surface area (Å²) >= 11 is 0. The Balaban J connectivity index is 0.000000141. The maximum atomic E-state index is 10.3. The lowest BCUT2D eigenvalue weighted by Gasteiger charge is -2.20. The molecule has 3 rings (SSSR count). The van der Waals surface area contributed by atoms with Gasteiger partial charge in [-0.05, 0) is 16.8 Å². The van der Waals surface area contributed by atoms with Gasteiger partial charge < -0.3 is 15.7 Å². The van der Waals surface area contributed by atoms with Gasteiger partial charge in [-0.25, -0.2) is 0 Å². The third kappa shape index (κ3) is 4.01. The number of rotatable bonds is 1. The van der Waals surface area contributed by atoms with E-state index in [4.69, 9.17) is 5.11 Å². The van der Waals surface area contributed by atoms with E-state index in [1.54, 1.807) is 0 Å². The fraction of sp³-hybridized carbons (Fsp3) is 0.286. The van der Waals surface area contributed by atoms with E-state index in [9.17, 15) is 4.79 Å². The van der Waals surface area contributed by atoms with Crippen molar-refractivity contribution in [3.05, 3.63) is 42.7 Å². The van der Waals surface area contributed by atoms with Crippen LogP contribution in [0.1, 0.15) is 0 Å². The number of hydrogen-bond acceptors (Lipinski definition) is 4. The molecule has 19 heavy (non-hydrogen) atoms. The molecule has 0 bridgehead atoms. The summed E-state index contributed by atoms with van der Waals surface area (Å²) < 4.78 is 0. The zero-order chi connectivity index (χ0) is 13.5. The highest BCUT2D eigenvalue weighted by Gasteiger charge is 2.18. The monoisotopic (exact) mass is 259 g/mol. The van der Waals surface area contributed by atoms with E-state index in [2.05, 4.69) is 27.8 Å². The van der Waals surface area contributed by atoms with Crippen LogP contribution < -0.4 is 10.6 Å². The second-order valence-electron chi connectivity index (χ2n) is 4.27. The van der Waals surface area contributed by atoms with Crippen LogP contribution in [0.2, 0.25) is 0 Å². The van der Waals surface area contributed by atoms with Crippen molar-refractivity contribution >= 4 is 16.7 Å². The van der Waals surface area contributed by atoms with E-state index >= 15 is 0 Å². The molecule has 1 atom stereocenters. The second-order valence-corrected chi connectivity index (χ2v) is 4.27. The number of fused-ring (bicyclic) bond motifs is 1. The maximum Gasteiger partial charge on any atom is 0.322 e. The molecular formula is C14H17N3O2. The Labute approximate surface area is 111 Å². The van der Waals surface area contributed by atoms with Gasteiger partial charge in [0, 0.05) is 32.0 Å². The van der Waals surface area contributed by atoms with Crippen LogP contribution in [-0.4, -0.2) is 41.7 Å². The van der Waals surface area contributed by atoms with Gasteiger partial charge in [-0.2, -0.15) is 0 Å². The first kappa shape index (κ1) is 13.5. The highest BCUT2D eigenvalue weighted by Crippen LogP contribution is 2.09. The molecule has 1 aromatic heterocycles. The molecule has 2 heterocycles. The van der Waals surface area contributed by atoms with Gasteiger partial charge in [0.2, 0.25) is 0 Å². The van der Waals surface area contributed by atoms with Crippen molar-refractivity contribution in [2.45, 2.75) is 6.04 Å². The maximum absolute atomic E-state index is 10.3. The number of carboxylic acids is 1. The lowest BCUT2D eigenvalue weighted by Crippen LogP contribution is -2.52. The predicted molar refractivity (Wildman–Crippen MR) is 74.0 cm³/mol. The Morgan fingerprint density at radius 1 is 1.21 bits per heavy atom. The molecule has 0 spiro atoms. The molecule has 1 unspecified atom stereocenters. The van der Waals surface area contributed by atoms with E-state index in [0.29, 0.717) is 6.54 Å². The third-order valence-corrected chi connectivity index (χ3v) is 2.89. The Hall–Kier alpha value is -1.98. The molecule has 2 aromatic rings. The zero-order valence-corrected chi connectivity index (χ0v) is 10.5. The fourth-order valence-electron chi connectivity index (χ4n) is 1.85. The van der Waals surface area contributed by atoms with Crippen LogP contribution in [0.25, 0.3) is 10.8 Å². The van der Waals surface area contributed by atoms with Crippen LogP contribution in [0, 0.1) is 0 Å². The van der Waals surface area contributed by atoms with Crippen molar-refractivity contribution in [1.29, 1.82) is 0 Å². The number of pyridine rings is 1. The Morgan fingerprint density at radius 2 is 2.00 bits per heavy atom. The van der Waals surface area contributed by atoms with Crippen LogP contribution in [0.3, 0.4) is 0 Å². The molecule has 0 saturated carbocycles. The fourth-order valence-corrected chi connectivity index (χ4v) is 1.85. The number of carboxylic acid groups (broad SMARTS) is 1. The molecule has 3 N–H and O–H groups in total. The van der Waals surface area contributed by atoms with Gasteiger partial charge in [-0.1, -0.05) is 24.3 Å². The van der Waals surface area contributed by atoms with Gasteiger partial charge in [-0.3, -0.25) is 9.78 Å². The predicted octanol–water partition coefficient (Wildman–Crippen LogP) is 0.867. The first-order valence-corrected chi connectivity index (χ1v) is 6.23. The van der Waals surface area contributed by atoms with Gasteiger partial charge in [0.05, 0.1) is 0 Å². The molecule has 0 amide bonds. The minimum absolute atomic E-state index is 0.390. The summed E-state index contributed by atoms with van der Waals surface area (Å²) in [6.45, 7) is 2.15. The van der Waals surface area contributed by atoms with Crippen molar-refractivity contribution in [3.8, 4) is 0 Å². The number of nitrogens with one attached hydrogen (secondary N) is 2. The topological polar surface area (TPSA) is 74.2 Å². The van der Waals surface area contributed by atoms with Gasteiger partial charge in [0.1, 0.15) is 6.04 Å². The van der Waals surface area contributed by atoms with Crippen molar-refractivity contribution in [3.63, 3.8) is 0 Å². The van der Waals surface area contributed by atoms with Crippen molar-refractivity contribution in [2.75, 3.05) is 19.6 Å². The number of benzene rings is 1. The van der Waals surface area contributed by atoms with E-state index < -0.39 is 12.0 Å². The van der Waals surface area contributed by atoms with Crippen molar-refractivity contribution in [1.82, 2.24) is 15.6 Å². The first-order valence-electron chi connectivity index (χ1n) is 6.23. The summed E-state index contributed by atoms with van der Waals surface area (Å²) in [5.41, 5.74) is 0. The average molecular weight is 259 g/mol. The highest BCUT2D eigenvalue weighted by molar-refractivity contribution is 5.80. The van der Waals surface area contributed by atoms with Gasteiger partial charge in [0.25, 0.3) is 0 Å². The van der Waals surface area contributed by atoms with Gasteiger partial charge >= 0.3 is 5.97 Å². The lowest BCUT2D eigenvalue weighted by molar-refractivity contribution is -0.139. The average Bonchev–Trinajstić information content (AvgIpc) is 2.49. The quantitative estimate of drug-likeness (QED) is 0.708. The molecule has 0 radical (unpaired) electrons. The van der Waals surface area contributed by atoms with Crippen LogP contribution >= 0.6 is 0 Å². The summed E-state index contributed by atoms with van der Waals surface area (Å²) in [6, 6.07) is 9.81. The minimum Gasteiger partial charge on any atom is -0.480 e. The Morgan fingerprint density at radius 3 is 2.58 bits per heavy atom. The smallest absolute Gasteiger partial charge is 0.322 e. The summed E-state index contributed by atoms with van der Waals surface area (Å²) in [5, 5.41) is 16.7. The normalized spacial score (nSPS) is 18.4. The largest absolute Gasteiger partial charge is 0.480 e. The Bertz CT molecular complexity index is 473. The second kappa shape index (κ2) is 6.82.